The summed E-state index contributed by atoms with van der Waals surface area (Å²) in [6.07, 6.45) is 0. The molecule has 2 rings (SSSR count). The zero-order valence-electron chi connectivity index (χ0n) is 12.6. The van der Waals surface area contributed by atoms with Gasteiger partial charge in [-0.05, 0) is 61.2 Å². The molecule has 20 heavy (non-hydrogen) atoms. The molecule has 0 amide bonds. The number of aryl methyl sites for hydroxylation is 3. The second-order valence-corrected chi connectivity index (χ2v) is 5.71. The first-order valence-electron chi connectivity index (χ1n) is 7.10. The molecule has 1 unspecified atom stereocenters. The van der Waals surface area contributed by atoms with Crippen molar-refractivity contribution in [1.82, 2.24) is 5.32 Å². The molecule has 1 nitrogen and oxygen atoms in total. The zero-order valence-corrected chi connectivity index (χ0v) is 13.4. The molecule has 1 N–H and O–H groups in total. The van der Waals surface area contributed by atoms with E-state index in [0.29, 0.717) is 0 Å². The van der Waals surface area contributed by atoms with E-state index in [1.165, 1.54) is 22.3 Å². The largest absolute Gasteiger partial charge is 0.306 e. The monoisotopic (exact) mass is 287 g/mol. The zero-order chi connectivity index (χ0) is 14.7. The average molecular weight is 288 g/mol. The lowest BCUT2D eigenvalue weighted by atomic mass is 9.93. The highest BCUT2D eigenvalue weighted by atomic mass is 35.5. The molecule has 2 aromatic carbocycles. The van der Waals surface area contributed by atoms with E-state index in [9.17, 15) is 0 Å². The lowest BCUT2D eigenvalue weighted by Gasteiger charge is -2.23. The summed E-state index contributed by atoms with van der Waals surface area (Å²) >= 11 is 6.49. The standard InChI is InChI=1S/C18H22ClN/c1-5-20-18(15-9-7-6-8-12(15)2)16-10-13(3)14(4)11-17(16)19/h6-11,18,20H,5H2,1-4H3. The van der Waals surface area contributed by atoms with Crippen LogP contribution in [0.25, 0.3) is 0 Å². The number of halogens is 1. The van der Waals surface area contributed by atoms with Gasteiger partial charge in [-0.2, -0.15) is 0 Å². The van der Waals surface area contributed by atoms with E-state index in [2.05, 4.69) is 69.4 Å². The van der Waals surface area contributed by atoms with Crippen molar-refractivity contribution in [3.63, 3.8) is 0 Å². The van der Waals surface area contributed by atoms with Gasteiger partial charge in [-0.3, -0.25) is 0 Å². The Hall–Kier alpha value is -1.31. The Bertz CT molecular complexity index is 604. The van der Waals surface area contributed by atoms with Crippen LogP contribution >= 0.6 is 11.6 Å². The van der Waals surface area contributed by atoms with Crippen LogP contribution in [-0.4, -0.2) is 6.54 Å². The van der Waals surface area contributed by atoms with Gasteiger partial charge in [-0.1, -0.05) is 48.9 Å². The fourth-order valence-corrected chi connectivity index (χ4v) is 2.85. The first kappa shape index (κ1) is 15.1. The Morgan fingerprint density at radius 3 is 2.25 bits per heavy atom. The van der Waals surface area contributed by atoms with Crippen molar-refractivity contribution in [3.05, 3.63) is 69.2 Å². The fraction of sp³-hybridized carbons (Fsp3) is 0.333. The van der Waals surface area contributed by atoms with Crippen LogP contribution in [-0.2, 0) is 0 Å². The van der Waals surface area contributed by atoms with Gasteiger partial charge in [0.15, 0.2) is 0 Å². The first-order valence-corrected chi connectivity index (χ1v) is 7.48. The van der Waals surface area contributed by atoms with E-state index in [0.717, 1.165) is 17.1 Å². The van der Waals surface area contributed by atoms with Crippen LogP contribution in [0.5, 0.6) is 0 Å². The quantitative estimate of drug-likeness (QED) is 0.838. The van der Waals surface area contributed by atoms with Gasteiger partial charge in [-0.25, -0.2) is 0 Å². The maximum Gasteiger partial charge on any atom is 0.0594 e. The number of hydrogen-bond acceptors (Lipinski definition) is 1. The van der Waals surface area contributed by atoms with Crippen molar-refractivity contribution in [2.24, 2.45) is 0 Å². The summed E-state index contributed by atoms with van der Waals surface area (Å²) in [6.45, 7) is 9.41. The third-order valence-corrected chi connectivity index (χ3v) is 4.16. The summed E-state index contributed by atoms with van der Waals surface area (Å²) in [7, 11) is 0. The van der Waals surface area contributed by atoms with Gasteiger partial charge in [-0.15, -0.1) is 0 Å². The molecule has 0 aliphatic rings. The van der Waals surface area contributed by atoms with Gasteiger partial charge < -0.3 is 5.32 Å². The SMILES string of the molecule is CCNC(c1ccccc1C)c1cc(C)c(C)cc1Cl. The number of rotatable bonds is 4. The summed E-state index contributed by atoms with van der Waals surface area (Å²) in [4.78, 5) is 0. The molecule has 0 saturated heterocycles. The van der Waals surface area contributed by atoms with E-state index in [1.807, 2.05) is 0 Å². The van der Waals surface area contributed by atoms with Crippen molar-refractivity contribution in [1.29, 1.82) is 0 Å². The van der Waals surface area contributed by atoms with Crippen LogP contribution in [0.3, 0.4) is 0 Å². The highest BCUT2D eigenvalue weighted by molar-refractivity contribution is 6.31. The smallest absolute Gasteiger partial charge is 0.0594 e. The second kappa shape index (κ2) is 6.43. The van der Waals surface area contributed by atoms with Crippen molar-refractivity contribution >= 4 is 11.6 Å². The van der Waals surface area contributed by atoms with Crippen molar-refractivity contribution in [3.8, 4) is 0 Å². The molecule has 0 radical (unpaired) electrons. The molecule has 0 aliphatic carbocycles. The van der Waals surface area contributed by atoms with E-state index >= 15 is 0 Å². The van der Waals surface area contributed by atoms with Crippen LogP contribution in [0.2, 0.25) is 5.02 Å². The Labute approximate surface area is 127 Å². The summed E-state index contributed by atoms with van der Waals surface area (Å²) < 4.78 is 0. The molecule has 0 aliphatic heterocycles. The number of hydrogen-bond donors (Lipinski definition) is 1. The predicted molar refractivity (Wildman–Crippen MR) is 87.6 cm³/mol. The van der Waals surface area contributed by atoms with Crippen LogP contribution in [0, 0.1) is 20.8 Å². The first-order chi connectivity index (χ1) is 9.54. The minimum absolute atomic E-state index is 0.146. The molecule has 106 valence electrons. The van der Waals surface area contributed by atoms with Crippen molar-refractivity contribution in [2.45, 2.75) is 33.7 Å². The molecule has 0 aromatic heterocycles. The van der Waals surface area contributed by atoms with Crippen LogP contribution < -0.4 is 5.32 Å². The topological polar surface area (TPSA) is 12.0 Å². The van der Waals surface area contributed by atoms with Crippen molar-refractivity contribution in [2.75, 3.05) is 6.54 Å². The van der Waals surface area contributed by atoms with Gasteiger partial charge in [0, 0.05) is 5.02 Å². The molecule has 0 saturated carbocycles. The molecule has 0 bridgehead atoms. The Morgan fingerprint density at radius 2 is 1.60 bits per heavy atom. The predicted octanol–water partition coefficient (Wildman–Crippen LogP) is 4.96. The summed E-state index contributed by atoms with van der Waals surface area (Å²) in [6, 6.07) is 12.9. The van der Waals surface area contributed by atoms with Crippen LogP contribution in [0.15, 0.2) is 36.4 Å². The van der Waals surface area contributed by atoms with Gasteiger partial charge in [0.05, 0.1) is 6.04 Å². The lowest BCUT2D eigenvalue weighted by molar-refractivity contribution is 0.627. The molecule has 2 heteroatoms. The molecule has 0 spiro atoms. The van der Waals surface area contributed by atoms with E-state index in [-0.39, 0.29) is 6.04 Å². The molecule has 0 fully saturated rings. The maximum absolute atomic E-state index is 6.49. The molecule has 2 aromatic rings. The molecular weight excluding hydrogens is 266 g/mol. The van der Waals surface area contributed by atoms with E-state index in [4.69, 9.17) is 11.6 Å². The molecule has 0 heterocycles. The van der Waals surface area contributed by atoms with Gasteiger partial charge in [0.1, 0.15) is 0 Å². The van der Waals surface area contributed by atoms with E-state index in [1.54, 1.807) is 0 Å². The third kappa shape index (κ3) is 3.05. The molecule has 1 atom stereocenters. The lowest BCUT2D eigenvalue weighted by Crippen LogP contribution is -2.23. The van der Waals surface area contributed by atoms with Crippen molar-refractivity contribution < 1.29 is 0 Å². The summed E-state index contributed by atoms with van der Waals surface area (Å²) in [5.41, 5.74) is 6.25. The Kier molecular flexibility index (Phi) is 4.85. The average Bonchev–Trinajstić information content (AvgIpc) is 2.42. The Morgan fingerprint density at radius 1 is 0.950 bits per heavy atom. The van der Waals surface area contributed by atoms with Gasteiger partial charge >= 0.3 is 0 Å². The fourth-order valence-electron chi connectivity index (χ4n) is 2.53. The minimum atomic E-state index is 0.146. The van der Waals surface area contributed by atoms with Gasteiger partial charge in [0.25, 0.3) is 0 Å². The maximum atomic E-state index is 6.49. The number of benzene rings is 2. The highest BCUT2D eigenvalue weighted by Gasteiger charge is 2.18. The highest BCUT2D eigenvalue weighted by Crippen LogP contribution is 2.32. The summed E-state index contributed by atoms with van der Waals surface area (Å²) in [5.74, 6) is 0. The minimum Gasteiger partial charge on any atom is -0.306 e. The second-order valence-electron chi connectivity index (χ2n) is 5.31. The van der Waals surface area contributed by atoms with E-state index < -0.39 is 0 Å². The van der Waals surface area contributed by atoms with Crippen LogP contribution in [0.4, 0.5) is 0 Å². The summed E-state index contributed by atoms with van der Waals surface area (Å²) in [5, 5.41) is 4.39. The van der Waals surface area contributed by atoms with Crippen LogP contribution in [0.1, 0.15) is 40.8 Å². The molecular formula is C18H22ClN. The normalized spacial score (nSPS) is 12.4. The number of nitrogens with one attached hydrogen (secondary N) is 1. The third-order valence-electron chi connectivity index (χ3n) is 3.83. The Balaban J connectivity index is 2.54. The van der Waals surface area contributed by atoms with Gasteiger partial charge in [0.2, 0.25) is 0 Å².